The van der Waals surface area contributed by atoms with Crippen LogP contribution in [0.2, 0.25) is 0 Å². The van der Waals surface area contributed by atoms with Gasteiger partial charge in [0, 0.05) is 37.6 Å². The Labute approximate surface area is 240 Å². The number of methoxy groups -OCH3 is 1. The molecule has 2 N–H and O–H groups in total. The second-order valence-electron chi connectivity index (χ2n) is 9.45. The summed E-state index contributed by atoms with van der Waals surface area (Å²) >= 11 is 0. The van der Waals surface area contributed by atoms with Gasteiger partial charge >= 0.3 is 5.97 Å². The van der Waals surface area contributed by atoms with Crippen molar-refractivity contribution in [1.29, 1.82) is 0 Å². The summed E-state index contributed by atoms with van der Waals surface area (Å²) in [4.78, 5) is 34.1. The monoisotopic (exact) mass is 575 g/mol. The first-order valence-corrected chi connectivity index (χ1v) is 14.0. The van der Waals surface area contributed by atoms with E-state index in [1.807, 2.05) is 18.2 Å². The number of azide groups is 1. The molecule has 1 atom stereocenters. The molecule has 2 aliphatic heterocycles. The fourth-order valence-electron chi connectivity index (χ4n) is 4.42. The smallest absolute Gasteiger partial charge is 0.306 e. The van der Waals surface area contributed by atoms with Crippen LogP contribution >= 0.6 is 0 Å². The highest BCUT2D eigenvalue weighted by atomic mass is 16.5. The van der Waals surface area contributed by atoms with Crippen LogP contribution in [0.4, 0.5) is 0 Å². The Kier molecular flexibility index (Phi) is 14.6. The first kappa shape index (κ1) is 31.9. The van der Waals surface area contributed by atoms with E-state index in [1.54, 1.807) is 4.90 Å². The number of amides is 1. The number of ether oxygens (including phenoxy) is 5. The van der Waals surface area contributed by atoms with Crippen molar-refractivity contribution in [2.75, 3.05) is 86.1 Å². The Morgan fingerprint density at radius 1 is 1.15 bits per heavy atom. The van der Waals surface area contributed by atoms with Crippen LogP contribution in [0.5, 0.6) is 5.75 Å². The fraction of sp³-hybridized carbons (Fsp3) is 0.667. The third-order valence-corrected chi connectivity index (χ3v) is 6.51. The predicted molar refractivity (Wildman–Crippen MR) is 151 cm³/mol. The van der Waals surface area contributed by atoms with E-state index in [0.29, 0.717) is 72.3 Å². The van der Waals surface area contributed by atoms with Gasteiger partial charge in [-0.1, -0.05) is 11.2 Å². The van der Waals surface area contributed by atoms with Crippen molar-refractivity contribution < 1.29 is 33.3 Å². The number of aliphatic imine (C=N–C) groups is 1. The number of nitrogens with zero attached hydrogens (tertiary/aromatic N) is 5. The molecule has 0 saturated carbocycles. The Morgan fingerprint density at radius 3 is 2.66 bits per heavy atom. The highest BCUT2D eigenvalue weighted by Gasteiger charge is 2.31. The quantitative estimate of drug-likeness (QED) is 0.0815. The molecule has 14 heteroatoms. The summed E-state index contributed by atoms with van der Waals surface area (Å²) in [5.41, 5.74) is 10.2. The van der Waals surface area contributed by atoms with Crippen molar-refractivity contribution in [3.8, 4) is 5.75 Å². The maximum absolute atomic E-state index is 13.4. The first-order chi connectivity index (χ1) is 20.1. The number of hydrogen-bond donors (Lipinski definition) is 2. The molecular weight excluding hydrogens is 534 g/mol. The van der Waals surface area contributed by atoms with Crippen molar-refractivity contribution in [2.24, 2.45) is 16.0 Å². The Balaban J connectivity index is 1.45. The van der Waals surface area contributed by atoms with Crippen LogP contribution < -0.4 is 15.4 Å². The van der Waals surface area contributed by atoms with Gasteiger partial charge in [-0.25, -0.2) is 0 Å². The van der Waals surface area contributed by atoms with Gasteiger partial charge in [-0.05, 0) is 41.6 Å². The molecule has 0 spiro atoms. The maximum Gasteiger partial charge on any atom is 0.306 e. The average molecular weight is 576 g/mol. The van der Waals surface area contributed by atoms with E-state index in [4.69, 9.17) is 29.2 Å². The Bertz CT molecular complexity index is 1050. The molecular formula is C27H41N7O7. The second-order valence-corrected chi connectivity index (χ2v) is 9.45. The topological polar surface area (TPSA) is 169 Å². The minimum absolute atomic E-state index is 0.0241. The van der Waals surface area contributed by atoms with E-state index in [1.165, 1.54) is 7.11 Å². The van der Waals surface area contributed by atoms with E-state index in [9.17, 15) is 9.59 Å². The van der Waals surface area contributed by atoms with Gasteiger partial charge in [0.05, 0.1) is 72.2 Å². The van der Waals surface area contributed by atoms with Gasteiger partial charge in [0.25, 0.3) is 0 Å². The summed E-state index contributed by atoms with van der Waals surface area (Å²) in [5.74, 6) is 0.572. The van der Waals surface area contributed by atoms with Crippen LogP contribution in [0.15, 0.2) is 28.3 Å². The number of nitrogens with one attached hydrogen (secondary N) is 2. The van der Waals surface area contributed by atoms with E-state index in [0.717, 1.165) is 48.9 Å². The number of fused-ring (bicyclic) bond motifs is 1. The third kappa shape index (κ3) is 11.8. The molecule has 2 heterocycles. The van der Waals surface area contributed by atoms with Gasteiger partial charge < -0.3 is 39.2 Å². The maximum atomic E-state index is 13.4. The third-order valence-electron chi connectivity index (χ3n) is 6.51. The highest BCUT2D eigenvalue weighted by molar-refractivity contribution is 5.84. The molecule has 1 aromatic rings. The van der Waals surface area contributed by atoms with Gasteiger partial charge in [-0.3, -0.25) is 14.6 Å². The van der Waals surface area contributed by atoms with Gasteiger partial charge in [-0.2, -0.15) is 0 Å². The van der Waals surface area contributed by atoms with Gasteiger partial charge in [0.15, 0.2) is 5.96 Å². The largest absolute Gasteiger partial charge is 0.494 e. The van der Waals surface area contributed by atoms with Gasteiger partial charge in [0.2, 0.25) is 5.91 Å². The molecule has 226 valence electrons. The molecule has 0 bridgehead atoms. The van der Waals surface area contributed by atoms with Crippen LogP contribution in [0.25, 0.3) is 10.4 Å². The summed E-state index contributed by atoms with van der Waals surface area (Å²) in [6, 6.07) is 5.88. The fourth-order valence-corrected chi connectivity index (χ4v) is 4.42. The number of benzene rings is 1. The Hall–Kier alpha value is -3.58. The lowest BCUT2D eigenvalue weighted by Gasteiger charge is -2.24. The molecule has 0 unspecified atom stereocenters. The average Bonchev–Trinajstić information content (AvgIpc) is 3.46. The SMILES string of the molecule is COC(=O)C[C@@H]1Cc2ccc(OCCCNC3=NCCN3)cc2CN(CCOCCOCCOCCN=[N+]=[N-])C1=O. The minimum Gasteiger partial charge on any atom is -0.494 e. The molecule has 0 aliphatic carbocycles. The summed E-state index contributed by atoms with van der Waals surface area (Å²) < 4.78 is 27.3. The van der Waals surface area contributed by atoms with Crippen LogP contribution in [0.3, 0.4) is 0 Å². The van der Waals surface area contributed by atoms with Crippen LogP contribution in [0, 0.1) is 5.92 Å². The van der Waals surface area contributed by atoms with E-state index < -0.39 is 11.9 Å². The van der Waals surface area contributed by atoms with E-state index in [2.05, 4.69) is 25.7 Å². The summed E-state index contributed by atoms with van der Waals surface area (Å²) in [6.07, 6.45) is 1.30. The number of guanidine groups is 1. The van der Waals surface area contributed by atoms with Crippen LogP contribution in [-0.4, -0.2) is 109 Å². The van der Waals surface area contributed by atoms with Crippen molar-refractivity contribution in [3.63, 3.8) is 0 Å². The number of esters is 1. The summed E-state index contributed by atoms with van der Waals surface area (Å²) in [7, 11) is 1.33. The predicted octanol–water partition coefficient (Wildman–Crippen LogP) is 1.43. The molecule has 1 amide bonds. The van der Waals surface area contributed by atoms with E-state index in [-0.39, 0.29) is 12.3 Å². The molecule has 0 radical (unpaired) electrons. The molecule has 1 aromatic carbocycles. The van der Waals surface area contributed by atoms with Crippen LogP contribution in [0.1, 0.15) is 24.0 Å². The highest BCUT2D eigenvalue weighted by Crippen LogP contribution is 2.28. The van der Waals surface area contributed by atoms with Gasteiger partial charge in [-0.15, -0.1) is 0 Å². The molecule has 0 fully saturated rings. The van der Waals surface area contributed by atoms with Gasteiger partial charge in [0.1, 0.15) is 5.75 Å². The lowest BCUT2D eigenvalue weighted by Crippen LogP contribution is -2.38. The van der Waals surface area contributed by atoms with Crippen LogP contribution in [-0.2, 0) is 41.5 Å². The minimum atomic E-state index is -0.504. The Morgan fingerprint density at radius 2 is 1.93 bits per heavy atom. The van der Waals surface area contributed by atoms with Crippen molar-refractivity contribution in [1.82, 2.24) is 15.5 Å². The standard InChI is InChI=1S/C27H41N7O7/c1-37-25(35)19-22-17-21-3-4-24(41-10-2-5-29-27-30-6-7-31-27)18-23(21)20-34(26(22)36)9-12-39-14-16-40-15-13-38-11-8-32-33-28/h3-4,18,22H,2,5-17,19-20H2,1H3,(H2,29,30,31)/t22-/m0/s1. The lowest BCUT2D eigenvalue weighted by atomic mass is 9.94. The number of hydrogen-bond acceptors (Lipinski definition) is 11. The van der Waals surface area contributed by atoms with Crippen molar-refractivity contribution >= 4 is 17.8 Å². The number of rotatable bonds is 19. The summed E-state index contributed by atoms with van der Waals surface area (Å²) in [6.45, 7) is 6.31. The molecule has 2 aliphatic rings. The van der Waals surface area contributed by atoms with Crippen molar-refractivity contribution in [3.05, 3.63) is 39.8 Å². The molecule has 14 nitrogen and oxygen atoms in total. The van der Waals surface area contributed by atoms with E-state index >= 15 is 0 Å². The molecule has 0 aromatic heterocycles. The normalized spacial score (nSPS) is 16.2. The second kappa shape index (κ2) is 18.7. The first-order valence-electron chi connectivity index (χ1n) is 14.0. The lowest BCUT2D eigenvalue weighted by molar-refractivity contribution is -0.147. The van der Waals surface area contributed by atoms with Crippen molar-refractivity contribution in [2.45, 2.75) is 25.8 Å². The zero-order chi connectivity index (χ0) is 29.1. The molecule has 0 saturated heterocycles. The zero-order valence-corrected chi connectivity index (χ0v) is 23.7. The number of carbonyl (C=O) groups excluding carboxylic acids is 2. The molecule has 3 rings (SSSR count). The zero-order valence-electron chi connectivity index (χ0n) is 23.7. The number of carbonyl (C=O) groups is 2. The summed E-state index contributed by atoms with van der Waals surface area (Å²) in [5, 5.41) is 9.82. The molecule has 41 heavy (non-hydrogen) atoms.